The number of aryl methyl sites for hydroxylation is 1. The number of anilines is 1. The first-order valence-corrected chi connectivity index (χ1v) is 9.21. The number of carbonyl (C=O) groups excluding carboxylic acids is 2. The number of nitrogens with zero attached hydrogens (tertiary/aromatic N) is 3. The number of aromatic nitrogens is 2. The molecule has 0 radical (unpaired) electrons. The van der Waals surface area contributed by atoms with Crippen molar-refractivity contribution in [1.82, 2.24) is 14.5 Å². The van der Waals surface area contributed by atoms with Gasteiger partial charge in [0.15, 0.2) is 11.5 Å². The van der Waals surface area contributed by atoms with Crippen LogP contribution in [0.4, 0.5) is 5.69 Å². The number of carbonyl (C=O) groups is 2. The second-order valence-corrected chi connectivity index (χ2v) is 6.71. The lowest BCUT2D eigenvalue weighted by Gasteiger charge is -2.24. The first-order chi connectivity index (χ1) is 14.4. The number of furan rings is 1. The zero-order valence-corrected chi connectivity index (χ0v) is 17.5. The van der Waals surface area contributed by atoms with Crippen LogP contribution in [0.15, 0.2) is 47.5 Å². The summed E-state index contributed by atoms with van der Waals surface area (Å²) in [6.07, 6.45) is 4.54. The van der Waals surface area contributed by atoms with Crippen molar-refractivity contribution >= 4 is 17.5 Å². The largest absolute Gasteiger partial charge is 0.493 e. The number of hydrogen-bond acceptors (Lipinski definition) is 6. The van der Waals surface area contributed by atoms with Gasteiger partial charge in [-0.25, -0.2) is 4.98 Å². The van der Waals surface area contributed by atoms with Gasteiger partial charge in [-0.05, 0) is 31.2 Å². The van der Waals surface area contributed by atoms with E-state index in [9.17, 15) is 9.59 Å². The summed E-state index contributed by atoms with van der Waals surface area (Å²) < 4.78 is 17.8. The predicted octanol–water partition coefficient (Wildman–Crippen LogP) is 3.12. The summed E-state index contributed by atoms with van der Waals surface area (Å²) in [7, 11) is 6.32. The van der Waals surface area contributed by atoms with Crippen LogP contribution in [0.25, 0.3) is 0 Å². The lowest BCUT2D eigenvalue weighted by Crippen LogP contribution is -2.29. The summed E-state index contributed by atoms with van der Waals surface area (Å²) in [6, 6.07) is 6.43. The second kappa shape index (κ2) is 8.73. The second-order valence-electron chi connectivity index (χ2n) is 6.71. The topological polar surface area (TPSA) is 98.8 Å². The van der Waals surface area contributed by atoms with E-state index in [1.54, 1.807) is 48.0 Å². The number of rotatable bonds is 7. The first-order valence-electron chi connectivity index (χ1n) is 9.21. The van der Waals surface area contributed by atoms with Crippen molar-refractivity contribution in [2.45, 2.75) is 13.0 Å². The highest BCUT2D eigenvalue weighted by Crippen LogP contribution is 2.37. The molecule has 3 aromatic rings. The average molecular weight is 412 g/mol. The van der Waals surface area contributed by atoms with Crippen LogP contribution in [0.5, 0.6) is 11.5 Å². The lowest BCUT2D eigenvalue weighted by molar-refractivity contribution is 0.0725. The zero-order valence-electron chi connectivity index (χ0n) is 17.5. The van der Waals surface area contributed by atoms with Gasteiger partial charge >= 0.3 is 0 Å². The third-order valence-corrected chi connectivity index (χ3v) is 4.88. The summed E-state index contributed by atoms with van der Waals surface area (Å²) in [4.78, 5) is 31.3. The number of imidazole rings is 1. The number of nitrogens with one attached hydrogen (secondary N) is 1. The highest BCUT2D eigenvalue weighted by molar-refractivity contribution is 6.05. The zero-order chi connectivity index (χ0) is 21.8. The van der Waals surface area contributed by atoms with Crippen molar-refractivity contribution in [2.75, 3.05) is 26.6 Å². The fourth-order valence-electron chi connectivity index (χ4n) is 3.04. The molecule has 1 N–H and O–H groups in total. The van der Waals surface area contributed by atoms with Gasteiger partial charge in [0, 0.05) is 19.7 Å². The fraction of sp³-hybridized carbons (Fsp3) is 0.286. The fourth-order valence-corrected chi connectivity index (χ4v) is 3.04. The van der Waals surface area contributed by atoms with E-state index in [0.29, 0.717) is 34.2 Å². The molecule has 158 valence electrons. The van der Waals surface area contributed by atoms with Gasteiger partial charge in [0.2, 0.25) is 0 Å². The summed E-state index contributed by atoms with van der Waals surface area (Å²) in [5.74, 6) is 0.637. The van der Waals surface area contributed by atoms with Crippen LogP contribution in [-0.2, 0) is 7.05 Å². The highest BCUT2D eigenvalue weighted by atomic mass is 16.5. The molecule has 9 nitrogen and oxygen atoms in total. The molecule has 0 aliphatic carbocycles. The van der Waals surface area contributed by atoms with Crippen LogP contribution in [0.3, 0.4) is 0 Å². The maximum absolute atomic E-state index is 13.1. The van der Waals surface area contributed by atoms with E-state index in [4.69, 9.17) is 13.9 Å². The minimum atomic E-state index is -0.391. The molecule has 0 aliphatic heterocycles. The molecule has 2 amide bonds. The predicted molar refractivity (Wildman–Crippen MR) is 110 cm³/mol. The van der Waals surface area contributed by atoms with Crippen molar-refractivity contribution in [1.29, 1.82) is 0 Å². The maximum atomic E-state index is 13.1. The SMILES string of the molecule is COc1cc(C(=O)N(C)C(C)c2ccco2)cc(NC(=O)c2cncn2C)c1OC. The first kappa shape index (κ1) is 21.0. The maximum Gasteiger partial charge on any atom is 0.274 e. The molecule has 0 fully saturated rings. The average Bonchev–Trinajstić information content (AvgIpc) is 3.43. The summed E-state index contributed by atoms with van der Waals surface area (Å²) >= 11 is 0. The van der Waals surface area contributed by atoms with Crippen molar-refractivity contribution in [3.05, 3.63) is 60.1 Å². The minimum Gasteiger partial charge on any atom is -0.493 e. The van der Waals surface area contributed by atoms with E-state index in [0.717, 1.165) is 0 Å². The van der Waals surface area contributed by atoms with Crippen LogP contribution in [0.2, 0.25) is 0 Å². The van der Waals surface area contributed by atoms with Crippen LogP contribution in [-0.4, -0.2) is 47.5 Å². The Morgan fingerprint density at radius 2 is 2.03 bits per heavy atom. The van der Waals surface area contributed by atoms with Crippen LogP contribution >= 0.6 is 0 Å². The molecule has 0 saturated carbocycles. The molecule has 2 aromatic heterocycles. The highest BCUT2D eigenvalue weighted by Gasteiger charge is 2.24. The van der Waals surface area contributed by atoms with Gasteiger partial charge in [0.25, 0.3) is 11.8 Å². The van der Waals surface area contributed by atoms with Gasteiger partial charge in [0.1, 0.15) is 11.5 Å². The van der Waals surface area contributed by atoms with Gasteiger partial charge in [-0.15, -0.1) is 0 Å². The van der Waals surface area contributed by atoms with E-state index in [1.165, 1.54) is 26.7 Å². The molecule has 30 heavy (non-hydrogen) atoms. The Morgan fingerprint density at radius 1 is 1.27 bits per heavy atom. The van der Waals surface area contributed by atoms with Gasteiger partial charge < -0.3 is 28.7 Å². The summed E-state index contributed by atoms with van der Waals surface area (Å²) in [5, 5.41) is 2.78. The molecule has 2 heterocycles. The Hall–Kier alpha value is -3.75. The third kappa shape index (κ3) is 4.00. The molecule has 1 aromatic carbocycles. The molecule has 0 bridgehead atoms. The van der Waals surface area contributed by atoms with Gasteiger partial charge in [-0.1, -0.05) is 0 Å². The number of methoxy groups -OCH3 is 2. The Bertz CT molecular complexity index is 1040. The Kier molecular flexibility index (Phi) is 6.10. The lowest BCUT2D eigenvalue weighted by atomic mass is 10.1. The van der Waals surface area contributed by atoms with Crippen molar-refractivity contribution < 1.29 is 23.5 Å². The quantitative estimate of drug-likeness (QED) is 0.640. The van der Waals surface area contributed by atoms with Crippen molar-refractivity contribution in [3.63, 3.8) is 0 Å². The normalized spacial score (nSPS) is 11.6. The van der Waals surface area contributed by atoms with Crippen LogP contribution in [0.1, 0.15) is 39.6 Å². The molecular formula is C21H24N4O5. The monoisotopic (exact) mass is 412 g/mol. The standard InChI is InChI=1S/C21H24N4O5/c1-13(17-7-6-8-30-17)25(3)21(27)14-9-15(19(29-5)18(10-14)28-4)23-20(26)16-11-22-12-24(16)2/h6-13H,1-5H3,(H,23,26). The molecule has 0 spiro atoms. The van der Waals surface area contributed by atoms with Gasteiger partial charge in [-0.2, -0.15) is 0 Å². The number of hydrogen-bond donors (Lipinski definition) is 1. The Labute approximate surface area is 174 Å². The molecule has 3 rings (SSSR count). The van der Waals surface area contributed by atoms with Gasteiger partial charge in [0.05, 0.1) is 44.7 Å². The summed E-state index contributed by atoms with van der Waals surface area (Å²) in [5.41, 5.74) is 0.996. The van der Waals surface area contributed by atoms with E-state index in [-0.39, 0.29) is 11.9 Å². The van der Waals surface area contributed by atoms with Crippen LogP contribution < -0.4 is 14.8 Å². The van der Waals surface area contributed by atoms with Crippen molar-refractivity contribution in [3.8, 4) is 11.5 Å². The van der Waals surface area contributed by atoms with Crippen molar-refractivity contribution in [2.24, 2.45) is 7.05 Å². The third-order valence-electron chi connectivity index (χ3n) is 4.88. The molecule has 9 heteroatoms. The smallest absolute Gasteiger partial charge is 0.274 e. The summed E-state index contributed by atoms with van der Waals surface area (Å²) in [6.45, 7) is 1.86. The number of benzene rings is 1. The van der Waals surface area contributed by atoms with E-state index in [2.05, 4.69) is 10.3 Å². The minimum absolute atomic E-state index is 0.268. The number of amides is 2. The molecule has 1 unspecified atom stereocenters. The number of ether oxygens (including phenoxy) is 2. The van der Waals surface area contributed by atoms with Gasteiger partial charge in [-0.3, -0.25) is 9.59 Å². The molecule has 0 saturated heterocycles. The molecule has 0 aliphatic rings. The molecule has 1 atom stereocenters. The Balaban J connectivity index is 1.95. The van der Waals surface area contributed by atoms with Crippen LogP contribution in [0, 0.1) is 0 Å². The van der Waals surface area contributed by atoms with E-state index < -0.39 is 5.91 Å². The Morgan fingerprint density at radius 3 is 2.60 bits per heavy atom. The van der Waals surface area contributed by atoms with E-state index in [1.807, 2.05) is 13.0 Å². The van der Waals surface area contributed by atoms with E-state index >= 15 is 0 Å². The molecular weight excluding hydrogens is 388 g/mol.